The first-order chi connectivity index (χ1) is 13.8. The summed E-state index contributed by atoms with van der Waals surface area (Å²) in [5.41, 5.74) is 1.14. The van der Waals surface area contributed by atoms with Gasteiger partial charge in [-0.2, -0.15) is 13.2 Å². The van der Waals surface area contributed by atoms with E-state index in [9.17, 15) is 13.2 Å². The lowest BCUT2D eigenvalue weighted by Crippen LogP contribution is -2.50. The number of hydrogen-bond donors (Lipinski definition) is 0. The molecule has 1 aliphatic heterocycles. The molecule has 0 N–H and O–H groups in total. The van der Waals surface area contributed by atoms with Crippen molar-refractivity contribution in [2.24, 2.45) is 0 Å². The minimum atomic E-state index is -4.32. The van der Waals surface area contributed by atoms with E-state index < -0.39 is 11.7 Å². The van der Waals surface area contributed by atoms with Crippen molar-refractivity contribution in [2.75, 3.05) is 45.3 Å². The molecular weight excluding hydrogens is 381 g/mol. The average Bonchev–Trinajstić information content (AvgIpc) is 2.73. The van der Waals surface area contributed by atoms with Crippen LogP contribution in [0.1, 0.15) is 18.1 Å². The molecule has 1 atom stereocenters. The number of piperazine rings is 1. The van der Waals surface area contributed by atoms with Gasteiger partial charge in [-0.3, -0.25) is 4.90 Å². The van der Waals surface area contributed by atoms with Crippen LogP contribution in [0.3, 0.4) is 0 Å². The highest BCUT2D eigenvalue weighted by Gasteiger charge is 2.31. The van der Waals surface area contributed by atoms with E-state index >= 15 is 0 Å². The number of ether oxygens (including phenoxy) is 2. The number of hydrogen-bond acceptors (Lipinski definition) is 4. The molecule has 0 spiro atoms. The Kier molecular flexibility index (Phi) is 6.57. The molecule has 0 radical (unpaired) electrons. The SMILES string of the molecule is COc1ccc(C[C@@H](C)N2CCN(c3cccc(C(F)(F)F)c3)CC2)c(OC)c1. The molecule has 1 fully saturated rings. The zero-order valence-electron chi connectivity index (χ0n) is 17.0. The zero-order chi connectivity index (χ0) is 21.0. The van der Waals surface area contributed by atoms with Gasteiger partial charge in [0.15, 0.2) is 0 Å². The number of anilines is 1. The normalized spacial score (nSPS) is 16.6. The number of halogens is 3. The summed E-state index contributed by atoms with van der Waals surface area (Å²) in [6, 6.07) is 11.7. The fraction of sp³-hybridized carbons (Fsp3) is 0.455. The van der Waals surface area contributed by atoms with Crippen molar-refractivity contribution in [1.82, 2.24) is 4.90 Å². The van der Waals surface area contributed by atoms with Crippen LogP contribution in [0.15, 0.2) is 42.5 Å². The van der Waals surface area contributed by atoms with Gasteiger partial charge in [0.2, 0.25) is 0 Å². The second-order valence-electron chi connectivity index (χ2n) is 7.30. The Morgan fingerprint density at radius 3 is 2.31 bits per heavy atom. The Balaban J connectivity index is 1.61. The van der Waals surface area contributed by atoms with Crippen LogP contribution in [0.25, 0.3) is 0 Å². The van der Waals surface area contributed by atoms with E-state index in [0.717, 1.165) is 42.6 Å². The summed E-state index contributed by atoms with van der Waals surface area (Å²) in [6.45, 7) is 5.17. The van der Waals surface area contributed by atoms with Gasteiger partial charge >= 0.3 is 6.18 Å². The molecule has 7 heteroatoms. The van der Waals surface area contributed by atoms with Gasteiger partial charge in [-0.25, -0.2) is 0 Å². The molecule has 3 rings (SSSR count). The highest BCUT2D eigenvalue weighted by molar-refractivity contribution is 5.49. The van der Waals surface area contributed by atoms with Gasteiger partial charge in [-0.1, -0.05) is 12.1 Å². The molecule has 0 bridgehead atoms. The number of benzene rings is 2. The zero-order valence-corrected chi connectivity index (χ0v) is 17.0. The van der Waals surface area contributed by atoms with Crippen molar-refractivity contribution in [1.29, 1.82) is 0 Å². The predicted octanol–water partition coefficient (Wildman–Crippen LogP) is 4.48. The van der Waals surface area contributed by atoms with Crippen LogP contribution >= 0.6 is 0 Å². The quantitative estimate of drug-likeness (QED) is 0.704. The number of rotatable bonds is 6. The number of methoxy groups -OCH3 is 2. The summed E-state index contributed by atoms with van der Waals surface area (Å²) in [7, 11) is 3.28. The van der Waals surface area contributed by atoms with Crippen LogP contribution in [0.5, 0.6) is 11.5 Å². The van der Waals surface area contributed by atoms with Crippen LogP contribution in [0.2, 0.25) is 0 Å². The Morgan fingerprint density at radius 1 is 0.966 bits per heavy atom. The van der Waals surface area contributed by atoms with Gasteiger partial charge in [0, 0.05) is 44.0 Å². The largest absolute Gasteiger partial charge is 0.497 e. The molecule has 29 heavy (non-hydrogen) atoms. The third-order valence-corrected chi connectivity index (χ3v) is 5.49. The van der Waals surface area contributed by atoms with E-state index in [4.69, 9.17) is 9.47 Å². The Bertz CT molecular complexity index is 818. The van der Waals surface area contributed by atoms with Crippen LogP contribution in [-0.4, -0.2) is 51.3 Å². The first kappa shape index (κ1) is 21.3. The third-order valence-electron chi connectivity index (χ3n) is 5.49. The maximum Gasteiger partial charge on any atom is 0.416 e. The Labute approximate surface area is 169 Å². The van der Waals surface area contributed by atoms with Crippen molar-refractivity contribution in [3.63, 3.8) is 0 Å². The molecule has 2 aromatic carbocycles. The summed E-state index contributed by atoms with van der Waals surface area (Å²) >= 11 is 0. The third kappa shape index (κ3) is 5.15. The molecule has 2 aromatic rings. The second-order valence-corrected chi connectivity index (χ2v) is 7.30. The van der Waals surface area contributed by atoms with E-state index in [1.807, 2.05) is 23.1 Å². The van der Waals surface area contributed by atoms with Gasteiger partial charge in [0.1, 0.15) is 11.5 Å². The summed E-state index contributed by atoms with van der Waals surface area (Å²) in [5.74, 6) is 1.56. The van der Waals surface area contributed by atoms with Crippen molar-refractivity contribution >= 4 is 5.69 Å². The van der Waals surface area contributed by atoms with Crippen molar-refractivity contribution in [3.05, 3.63) is 53.6 Å². The smallest absolute Gasteiger partial charge is 0.416 e. The molecule has 0 unspecified atom stereocenters. The minimum Gasteiger partial charge on any atom is -0.497 e. The second kappa shape index (κ2) is 8.95. The van der Waals surface area contributed by atoms with E-state index in [2.05, 4.69) is 11.8 Å². The van der Waals surface area contributed by atoms with Gasteiger partial charge in [0.25, 0.3) is 0 Å². The molecule has 0 aromatic heterocycles. The fourth-order valence-corrected chi connectivity index (χ4v) is 3.77. The molecular formula is C22H27F3N2O2. The molecule has 1 saturated heterocycles. The number of alkyl halides is 3. The van der Waals surface area contributed by atoms with Crippen LogP contribution < -0.4 is 14.4 Å². The lowest BCUT2D eigenvalue weighted by atomic mass is 10.0. The maximum atomic E-state index is 13.0. The molecule has 0 aliphatic carbocycles. The topological polar surface area (TPSA) is 24.9 Å². The van der Waals surface area contributed by atoms with Crippen molar-refractivity contribution in [2.45, 2.75) is 25.6 Å². The molecule has 1 heterocycles. The molecule has 1 aliphatic rings. The Morgan fingerprint density at radius 2 is 1.69 bits per heavy atom. The minimum absolute atomic E-state index is 0.293. The first-order valence-corrected chi connectivity index (χ1v) is 9.69. The summed E-state index contributed by atoms with van der Waals surface area (Å²) in [6.07, 6.45) is -3.49. The lowest BCUT2D eigenvalue weighted by Gasteiger charge is -2.39. The van der Waals surface area contributed by atoms with Gasteiger partial charge in [-0.15, -0.1) is 0 Å². The Hall–Kier alpha value is -2.41. The van der Waals surface area contributed by atoms with Crippen LogP contribution in [0, 0.1) is 0 Å². The monoisotopic (exact) mass is 408 g/mol. The van der Waals surface area contributed by atoms with Gasteiger partial charge in [-0.05, 0) is 43.2 Å². The first-order valence-electron chi connectivity index (χ1n) is 9.69. The summed E-state index contributed by atoms with van der Waals surface area (Å²) in [4.78, 5) is 4.39. The molecule has 0 amide bonds. The van der Waals surface area contributed by atoms with Gasteiger partial charge in [0.05, 0.1) is 19.8 Å². The van der Waals surface area contributed by atoms with Crippen molar-refractivity contribution < 1.29 is 22.6 Å². The molecule has 158 valence electrons. The van der Waals surface area contributed by atoms with E-state index in [1.165, 1.54) is 12.1 Å². The predicted molar refractivity (Wildman–Crippen MR) is 108 cm³/mol. The van der Waals surface area contributed by atoms with Crippen LogP contribution in [-0.2, 0) is 12.6 Å². The summed E-state index contributed by atoms with van der Waals surface area (Å²) < 4.78 is 49.7. The maximum absolute atomic E-state index is 13.0. The highest BCUT2D eigenvalue weighted by Crippen LogP contribution is 2.32. The van der Waals surface area contributed by atoms with E-state index in [0.29, 0.717) is 24.8 Å². The lowest BCUT2D eigenvalue weighted by molar-refractivity contribution is -0.137. The van der Waals surface area contributed by atoms with E-state index in [1.54, 1.807) is 20.3 Å². The number of nitrogens with zero attached hydrogens (tertiary/aromatic N) is 2. The average molecular weight is 408 g/mol. The van der Waals surface area contributed by atoms with Crippen LogP contribution in [0.4, 0.5) is 18.9 Å². The van der Waals surface area contributed by atoms with Gasteiger partial charge < -0.3 is 14.4 Å². The van der Waals surface area contributed by atoms with E-state index in [-0.39, 0.29) is 0 Å². The standard InChI is InChI=1S/C22H27F3N2O2/c1-16(13-17-7-8-20(28-2)15-21(17)29-3)26-9-11-27(12-10-26)19-6-4-5-18(14-19)22(23,24)25/h4-8,14-16H,9-13H2,1-3H3/t16-/m1/s1. The molecule has 0 saturated carbocycles. The summed E-state index contributed by atoms with van der Waals surface area (Å²) in [5, 5.41) is 0. The highest BCUT2D eigenvalue weighted by atomic mass is 19.4. The van der Waals surface area contributed by atoms with Crippen molar-refractivity contribution in [3.8, 4) is 11.5 Å². The fourth-order valence-electron chi connectivity index (χ4n) is 3.77. The molecule has 4 nitrogen and oxygen atoms in total.